The first-order valence-corrected chi connectivity index (χ1v) is 8.47. The molecule has 0 bridgehead atoms. The highest BCUT2D eigenvalue weighted by atomic mass is 16.5. The van der Waals surface area contributed by atoms with Crippen molar-refractivity contribution in [3.8, 4) is 5.75 Å². The van der Waals surface area contributed by atoms with Crippen LogP contribution in [0.4, 0.5) is 5.69 Å². The van der Waals surface area contributed by atoms with Crippen LogP contribution in [-0.2, 0) is 4.74 Å². The van der Waals surface area contributed by atoms with Crippen molar-refractivity contribution < 1.29 is 19.1 Å². The summed E-state index contributed by atoms with van der Waals surface area (Å²) in [4.78, 5) is 24.6. The third kappa shape index (κ3) is 4.04. The number of esters is 1. The van der Waals surface area contributed by atoms with Crippen LogP contribution in [-0.4, -0.2) is 26.1 Å². The number of ether oxygens (including phenoxy) is 2. The minimum atomic E-state index is -0.441. The Morgan fingerprint density at radius 2 is 1.69 bits per heavy atom. The molecule has 0 spiro atoms. The van der Waals surface area contributed by atoms with Gasteiger partial charge in [-0.05, 0) is 60.7 Å². The van der Waals surface area contributed by atoms with Crippen LogP contribution in [0.15, 0.2) is 30.3 Å². The molecule has 1 N–H and O–H groups in total. The lowest BCUT2D eigenvalue weighted by Gasteiger charge is -2.16. The highest BCUT2D eigenvalue weighted by Crippen LogP contribution is 2.30. The van der Waals surface area contributed by atoms with Gasteiger partial charge < -0.3 is 14.8 Å². The van der Waals surface area contributed by atoms with Crippen LogP contribution < -0.4 is 10.1 Å². The van der Waals surface area contributed by atoms with Crippen molar-refractivity contribution in [3.05, 3.63) is 58.1 Å². The van der Waals surface area contributed by atoms with E-state index in [0.717, 1.165) is 22.4 Å². The average molecular weight is 355 g/mol. The number of hydrogen-bond donors (Lipinski definition) is 1. The van der Waals surface area contributed by atoms with Crippen LogP contribution in [0.5, 0.6) is 5.75 Å². The molecule has 0 aliphatic carbocycles. The number of aryl methyl sites for hydroxylation is 2. The summed E-state index contributed by atoms with van der Waals surface area (Å²) in [6.45, 7) is 7.86. The Hall–Kier alpha value is -2.82. The molecule has 0 fully saturated rings. The van der Waals surface area contributed by atoms with Gasteiger partial charge in [0.2, 0.25) is 0 Å². The maximum Gasteiger partial charge on any atom is 0.337 e. The van der Waals surface area contributed by atoms with Crippen molar-refractivity contribution in [1.82, 2.24) is 0 Å². The molecule has 26 heavy (non-hydrogen) atoms. The third-order valence-corrected chi connectivity index (χ3v) is 4.35. The maximum atomic E-state index is 12.8. The molecule has 5 heteroatoms. The normalized spacial score (nSPS) is 10.6. The van der Waals surface area contributed by atoms with Gasteiger partial charge >= 0.3 is 5.97 Å². The SMILES string of the molecule is COC(=O)c1ccc(C)c(NC(=O)c2cc(C(C)C)c(OC)cc2C)c1. The zero-order valence-corrected chi connectivity index (χ0v) is 16.1. The molecule has 2 aromatic rings. The smallest absolute Gasteiger partial charge is 0.337 e. The fourth-order valence-corrected chi connectivity index (χ4v) is 2.76. The van der Waals surface area contributed by atoms with Gasteiger partial charge in [-0.15, -0.1) is 0 Å². The van der Waals surface area contributed by atoms with Crippen molar-refractivity contribution in [2.75, 3.05) is 19.5 Å². The van der Waals surface area contributed by atoms with E-state index in [0.29, 0.717) is 16.8 Å². The van der Waals surface area contributed by atoms with E-state index in [9.17, 15) is 9.59 Å². The molecule has 0 aliphatic rings. The second kappa shape index (κ2) is 8.04. The first-order chi connectivity index (χ1) is 12.3. The number of amides is 1. The molecule has 2 aromatic carbocycles. The van der Waals surface area contributed by atoms with Gasteiger partial charge in [0.1, 0.15) is 5.75 Å². The first kappa shape index (κ1) is 19.5. The highest BCUT2D eigenvalue weighted by molar-refractivity contribution is 6.06. The predicted octanol–water partition coefficient (Wildman–Crippen LogP) is 4.47. The summed E-state index contributed by atoms with van der Waals surface area (Å²) >= 11 is 0. The average Bonchev–Trinajstić information content (AvgIpc) is 2.62. The Morgan fingerprint density at radius 3 is 2.27 bits per heavy atom. The van der Waals surface area contributed by atoms with Crippen LogP contribution in [0, 0.1) is 13.8 Å². The summed E-state index contributed by atoms with van der Waals surface area (Å²) in [5.74, 6) is 0.333. The van der Waals surface area contributed by atoms with E-state index >= 15 is 0 Å². The molecule has 1 amide bonds. The number of hydrogen-bond acceptors (Lipinski definition) is 4. The molecule has 0 aromatic heterocycles. The first-order valence-electron chi connectivity index (χ1n) is 8.47. The van der Waals surface area contributed by atoms with Crippen molar-refractivity contribution in [2.24, 2.45) is 0 Å². The van der Waals surface area contributed by atoms with Gasteiger partial charge in [-0.2, -0.15) is 0 Å². The minimum Gasteiger partial charge on any atom is -0.496 e. The molecular weight excluding hydrogens is 330 g/mol. The van der Waals surface area contributed by atoms with Gasteiger partial charge in [0.15, 0.2) is 0 Å². The summed E-state index contributed by atoms with van der Waals surface area (Å²) in [5, 5.41) is 2.90. The van der Waals surface area contributed by atoms with Crippen molar-refractivity contribution in [1.29, 1.82) is 0 Å². The summed E-state index contributed by atoms with van der Waals surface area (Å²) in [5.41, 5.74) is 4.22. The Bertz CT molecular complexity index is 840. The second-order valence-electron chi connectivity index (χ2n) is 6.54. The van der Waals surface area contributed by atoms with E-state index < -0.39 is 5.97 Å². The standard InChI is InChI=1S/C21H25NO4/c1-12(2)16-11-17(14(4)9-19(16)25-5)20(23)22-18-10-15(21(24)26-6)8-7-13(18)3/h7-12H,1-6H3,(H,22,23). The summed E-state index contributed by atoms with van der Waals surface area (Å²) < 4.78 is 10.2. The molecule has 0 saturated carbocycles. The molecule has 0 aliphatic heterocycles. The fourth-order valence-electron chi connectivity index (χ4n) is 2.76. The topological polar surface area (TPSA) is 64.6 Å². The lowest BCUT2D eigenvalue weighted by Crippen LogP contribution is -2.16. The summed E-state index contributed by atoms with van der Waals surface area (Å²) in [6, 6.07) is 8.82. The zero-order valence-electron chi connectivity index (χ0n) is 16.1. The molecule has 0 saturated heterocycles. The number of carbonyl (C=O) groups excluding carboxylic acids is 2. The van der Waals surface area contributed by atoms with Crippen molar-refractivity contribution in [2.45, 2.75) is 33.6 Å². The predicted molar refractivity (Wildman–Crippen MR) is 102 cm³/mol. The number of carbonyl (C=O) groups is 2. The quantitative estimate of drug-likeness (QED) is 0.804. The minimum absolute atomic E-state index is 0.224. The van der Waals surface area contributed by atoms with Gasteiger partial charge in [0.05, 0.1) is 19.8 Å². The maximum absolute atomic E-state index is 12.8. The van der Waals surface area contributed by atoms with E-state index in [1.165, 1.54) is 7.11 Å². The summed E-state index contributed by atoms with van der Waals surface area (Å²) in [7, 11) is 2.96. The van der Waals surface area contributed by atoms with Crippen molar-refractivity contribution in [3.63, 3.8) is 0 Å². The Balaban J connectivity index is 2.39. The van der Waals surface area contributed by atoms with E-state index in [1.54, 1.807) is 25.3 Å². The van der Waals surface area contributed by atoms with Crippen LogP contribution in [0.3, 0.4) is 0 Å². The van der Waals surface area contributed by atoms with E-state index in [1.807, 2.05) is 26.0 Å². The Labute approximate surface area is 154 Å². The van der Waals surface area contributed by atoms with Crippen LogP contribution in [0.2, 0.25) is 0 Å². The molecule has 0 heterocycles. The van der Waals surface area contributed by atoms with Gasteiger partial charge in [0, 0.05) is 11.3 Å². The van der Waals surface area contributed by atoms with Crippen LogP contribution in [0.25, 0.3) is 0 Å². The number of methoxy groups -OCH3 is 2. The second-order valence-corrected chi connectivity index (χ2v) is 6.54. The van der Waals surface area contributed by atoms with Gasteiger partial charge in [-0.3, -0.25) is 4.79 Å². The highest BCUT2D eigenvalue weighted by Gasteiger charge is 2.17. The van der Waals surface area contributed by atoms with E-state index in [-0.39, 0.29) is 11.8 Å². The monoisotopic (exact) mass is 355 g/mol. The van der Waals surface area contributed by atoms with Gasteiger partial charge in [-0.25, -0.2) is 4.79 Å². The van der Waals surface area contributed by atoms with E-state index in [2.05, 4.69) is 19.2 Å². The number of benzene rings is 2. The molecule has 2 rings (SSSR count). The molecular formula is C21H25NO4. The van der Waals surface area contributed by atoms with Crippen LogP contribution in [0.1, 0.15) is 57.2 Å². The number of nitrogens with one attached hydrogen (secondary N) is 1. The van der Waals surface area contributed by atoms with E-state index in [4.69, 9.17) is 9.47 Å². The number of rotatable bonds is 5. The lowest BCUT2D eigenvalue weighted by atomic mass is 9.96. The summed E-state index contributed by atoms with van der Waals surface area (Å²) in [6.07, 6.45) is 0. The van der Waals surface area contributed by atoms with Crippen molar-refractivity contribution >= 4 is 17.6 Å². The molecule has 5 nitrogen and oxygen atoms in total. The fraction of sp³-hybridized carbons (Fsp3) is 0.333. The zero-order chi connectivity index (χ0) is 19.4. The molecule has 0 radical (unpaired) electrons. The number of anilines is 1. The Morgan fingerprint density at radius 1 is 1.00 bits per heavy atom. The molecule has 0 unspecified atom stereocenters. The lowest BCUT2D eigenvalue weighted by molar-refractivity contribution is 0.0600. The Kier molecular flexibility index (Phi) is 6.03. The van der Waals surface area contributed by atoms with Gasteiger partial charge in [-0.1, -0.05) is 19.9 Å². The van der Waals surface area contributed by atoms with Crippen LogP contribution >= 0.6 is 0 Å². The third-order valence-electron chi connectivity index (χ3n) is 4.35. The molecule has 138 valence electrons. The largest absolute Gasteiger partial charge is 0.496 e. The molecule has 0 atom stereocenters. The van der Waals surface area contributed by atoms with Gasteiger partial charge in [0.25, 0.3) is 5.91 Å².